The smallest absolute Gasteiger partial charge is 0.296 e. The highest BCUT2D eigenvalue weighted by Gasteiger charge is 2.45. The van der Waals surface area contributed by atoms with Gasteiger partial charge in [0, 0.05) is 5.75 Å². The van der Waals surface area contributed by atoms with E-state index in [2.05, 4.69) is 34.5 Å². The Hall–Kier alpha value is -4.01. The molecule has 3 aromatic carbocycles. The van der Waals surface area contributed by atoms with E-state index in [0.29, 0.717) is 20.8 Å². The molecule has 6 nitrogen and oxygen atoms in total. The molecular weight excluding hydrogens is 502 g/mol. The highest BCUT2D eigenvalue weighted by atomic mass is 32.2. The molecule has 0 saturated carbocycles. The number of nitrogens with zero attached hydrogens (tertiary/aromatic N) is 3. The van der Waals surface area contributed by atoms with Crippen LogP contribution in [0.25, 0.3) is 6.08 Å². The second-order valence-corrected chi connectivity index (χ2v) is 10.7. The first-order valence-corrected chi connectivity index (χ1v) is 13.4. The average molecular weight is 526 g/mol. The van der Waals surface area contributed by atoms with Crippen LogP contribution in [0.15, 0.2) is 107 Å². The number of hydrogen-bond acceptors (Lipinski definition) is 7. The van der Waals surface area contributed by atoms with Crippen LogP contribution in [-0.2, 0) is 15.3 Å². The molecule has 1 amide bonds. The van der Waals surface area contributed by atoms with Gasteiger partial charge in [-0.25, -0.2) is 0 Å². The lowest BCUT2D eigenvalue weighted by Crippen LogP contribution is -2.30. The van der Waals surface area contributed by atoms with Gasteiger partial charge in [0.15, 0.2) is 15.9 Å². The van der Waals surface area contributed by atoms with Crippen LogP contribution in [0.3, 0.4) is 0 Å². The molecule has 0 spiro atoms. The maximum Gasteiger partial charge on any atom is 0.296 e. The maximum absolute atomic E-state index is 13.3. The molecule has 4 aromatic rings. The van der Waals surface area contributed by atoms with Crippen LogP contribution in [0.5, 0.6) is 0 Å². The Morgan fingerprint density at radius 2 is 1.68 bits per heavy atom. The van der Waals surface area contributed by atoms with Gasteiger partial charge in [-0.1, -0.05) is 120 Å². The van der Waals surface area contributed by atoms with Crippen molar-refractivity contribution in [3.63, 3.8) is 0 Å². The minimum Gasteiger partial charge on any atom is -0.503 e. The predicted octanol–water partition coefficient (Wildman–Crippen LogP) is 6.32. The van der Waals surface area contributed by atoms with Crippen molar-refractivity contribution >= 4 is 46.0 Å². The van der Waals surface area contributed by atoms with Gasteiger partial charge in [-0.05, 0) is 29.7 Å². The molecule has 0 saturated heterocycles. The molecule has 8 heteroatoms. The fourth-order valence-electron chi connectivity index (χ4n) is 4.02. The van der Waals surface area contributed by atoms with E-state index in [1.165, 1.54) is 39.6 Å². The highest BCUT2D eigenvalue weighted by molar-refractivity contribution is 8.00. The highest BCUT2D eigenvalue weighted by Crippen LogP contribution is 2.43. The van der Waals surface area contributed by atoms with E-state index in [1.807, 2.05) is 67.6 Å². The summed E-state index contributed by atoms with van der Waals surface area (Å²) >= 11 is 2.78. The largest absolute Gasteiger partial charge is 0.503 e. The second kappa shape index (κ2) is 10.9. The third-order valence-corrected chi connectivity index (χ3v) is 8.03. The van der Waals surface area contributed by atoms with E-state index in [1.54, 1.807) is 6.08 Å². The van der Waals surface area contributed by atoms with Crippen LogP contribution < -0.4 is 4.90 Å². The normalized spacial score (nSPS) is 15.6. The number of thioether (sulfide) groups is 1. The third-order valence-electron chi connectivity index (χ3n) is 5.90. The zero-order chi connectivity index (χ0) is 25.8. The van der Waals surface area contributed by atoms with Crippen molar-refractivity contribution in [3.8, 4) is 0 Å². The molecule has 1 atom stereocenters. The van der Waals surface area contributed by atoms with Crippen LogP contribution in [0.2, 0.25) is 0 Å². The van der Waals surface area contributed by atoms with Crippen LogP contribution in [0, 0.1) is 6.92 Å². The lowest BCUT2D eigenvalue weighted by Gasteiger charge is -2.23. The lowest BCUT2D eigenvalue weighted by molar-refractivity contribution is -0.117. The van der Waals surface area contributed by atoms with Crippen molar-refractivity contribution in [2.24, 2.45) is 0 Å². The van der Waals surface area contributed by atoms with E-state index >= 15 is 0 Å². The fraction of sp³-hybridized carbons (Fsp3) is 0.103. The number of hydrogen-bond donors (Lipinski definition) is 1. The van der Waals surface area contributed by atoms with Crippen LogP contribution >= 0.6 is 23.1 Å². The van der Waals surface area contributed by atoms with Crippen LogP contribution in [-0.4, -0.2) is 27.0 Å². The summed E-state index contributed by atoms with van der Waals surface area (Å²) in [5.74, 6) is -0.968. The Morgan fingerprint density at radius 3 is 2.38 bits per heavy atom. The first-order chi connectivity index (χ1) is 18.0. The molecule has 5 rings (SSSR count). The fourth-order valence-corrected chi connectivity index (χ4v) is 5.84. The maximum atomic E-state index is 13.3. The monoisotopic (exact) mass is 525 g/mol. The zero-order valence-corrected chi connectivity index (χ0v) is 21.6. The number of carbonyl (C=O) groups is 2. The van der Waals surface area contributed by atoms with Crippen molar-refractivity contribution in [2.45, 2.75) is 23.1 Å². The Morgan fingerprint density at radius 1 is 1.00 bits per heavy atom. The first kappa shape index (κ1) is 24.7. The summed E-state index contributed by atoms with van der Waals surface area (Å²) in [6.45, 7) is 2.05. The minimum atomic E-state index is -0.815. The molecule has 37 heavy (non-hydrogen) atoms. The summed E-state index contributed by atoms with van der Waals surface area (Å²) in [4.78, 5) is 27.9. The summed E-state index contributed by atoms with van der Waals surface area (Å²) in [6, 6.07) is 26.0. The number of aliphatic hydroxyl groups is 1. The summed E-state index contributed by atoms with van der Waals surface area (Å²) in [5.41, 5.74) is 3.91. The number of rotatable bonds is 8. The molecule has 1 N–H and O–H groups in total. The lowest BCUT2D eigenvalue weighted by atomic mass is 9.96. The third kappa shape index (κ3) is 5.40. The Labute approximate surface area is 223 Å². The summed E-state index contributed by atoms with van der Waals surface area (Å²) in [5, 5.41) is 19.7. The van der Waals surface area contributed by atoms with E-state index in [4.69, 9.17) is 0 Å². The Kier molecular flexibility index (Phi) is 7.30. The summed E-state index contributed by atoms with van der Waals surface area (Å²) in [6.07, 6.45) is 3.05. The van der Waals surface area contributed by atoms with Crippen molar-refractivity contribution in [2.75, 3.05) is 4.90 Å². The molecule has 1 aliphatic heterocycles. The summed E-state index contributed by atoms with van der Waals surface area (Å²) in [7, 11) is 0. The van der Waals surface area contributed by atoms with Crippen LogP contribution in [0.4, 0.5) is 5.13 Å². The van der Waals surface area contributed by atoms with Gasteiger partial charge in [0.25, 0.3) is 5.91 Å². The molecule has 1 aromatic heterocycles. The second-order valence-electron chi connectivity index (χ2n) is 8.48. The summed E-state index contributed by atoms with van der Waals surface area (Å²) < 4.78 is 0.693. The molecule has 1 unspecified atom stereocenters. The molecule has 0 bridgehead atoms. The van der Waals surface area contributed by atoms with Gasteiger partial charge >= 0.3 is 0 Å². The predicted molar refractivity (Wildman–Crippen MR) is 147 cm³/mol. The topological polar surface area (TPSA) is 83.4 Å². The standard InChI is InChI=1S/C29H23N3O3S2/c1-19-12-14-21(15-13-19)18-36-29-31-30-28(37-29)32-25(22-10-6-3-7-11-22)24(26(34)27(32)35)23(33)17-16-20-8-4-2-5-9-20/h2-17,25,34H,18H2,1H3/b17-16+. The van der Waals surface area contributed by atoms with Gasteiger partial charge in [0.2, 0.25) is 5.13 Å². The van der Waals surface area contributed by atoms with Crippen molar-refractivity contribution in [1.82, 2.24) is 10.2 Å². The van der Waals surface area contributed by atoms with E-state index in [-0.39, 0.29) is 5.57 Å². The molecular formula is C29H23N3O3S2. The number of aliphatic hydroxyl groups excluding tert-OH is 1. The molecule has 0 aliphatic carbocycles. The van der Waals surface area contributed by atoms with Crippen molar-refractivity contribution in [1.29, 1.82) is 0 Å². The minimum absolute atomic E-state index is 0.0208. The number of allylic oxidation sites excluding steroid dienone is 1. The number of anilines is 1. The Balaban J connectivity index is 1.43. The van der Waals surface area contributed by atoms with Gasteiger partial charge in [-0.3, -0.25) is 14.5 Å². The van der Waals surface area contributed by atoms with Crippen LogP contribution in [0.1, 0.15) is 28.3 Å². The van der Waals surface area contributed by atoms with E-state index < -0.39 is 23.5 Å². The van der Waals surface area contributed by atoms with Crippen molar-refractivity contribution < 1.29 is 14.7 Å². The van der Waals surface area contributed by atoms with Gasteiger partial charge in [0.05, 0.1) is 11.6 Å². The number of ketones is 1. The average Bonchev–Trinajstić information content (AvgIpc) is 3.50. The Bertz CT molecular complexity index is 1480. The van der Waals surface area contributed by atoms with Gasteiger partial charge in [-0.2, -0.15) is 0 Å². The molecule has 1 aliphatic rings. The number of benzene rings is 3. The zero-order valence-electron chi connectivity index (χ0n) is 19.9. The van der Waals surface area contributed by atoms with Gasteiger partial charge in [-0.15, -0.1) is 10.2 Å². The molecule has 184 valence electrons. The van der Waals surface area contributed by atoms with Crippen molar-refractivity contribution in [3.05, 3.63) is 125 Å². The molecule has 0 radical (unpaired) electrons. The number of amides is 1. The quantitative estimate of drug-likeness (QED) is 0.165. The van der Waals surface area contributed by atoms with E-state index in [0.717, 1.165) is 11.1 Å². The SMILES string of the molecule is Cc1ccc(CSc2nnc(N3C(=O)C(O)=C(C(=O)/C=C/c4ccccc4)C3c3ccccc3)s2)cc1. The number of aromatic nitrogens is 2. The number of aryl methyl sites for hydroxylation is 1. The van der Waals surface area contributed by atoms with E-state index in [9.17, 15) is 14.7 Å². The van der Waals surface area contributed by atoms with Gasteiger partial charge < -0.3 is 5.11 Å². The van der Waals surface area contributed by atoms with Gasteiger partial charge in [0.1, 0.15) is 0 Å². The first-order valence-electron chi connectivity index (χ1n) is 11.6. The number of carbonyl (C=O) groups excluding carboxylic acids is 2. The molecule has 0 fully saturated rings. The molecule has 2 heterocycles.